The number of aromatic amines is 1. The Labute approximate surface area is 211 Å². The van der Waals surface area contributed by atoms with Crippen molar-refractivity contribution in [2.45, 2.75) is 44.2 Å². The smallest absolute Gasteiger partial charge is 0.124 e. The van der Waals surface area contributed by atoms with Crippen LogP contribution in [0.25, 0.3) is 0 Å². The van der Waals surface area contributed by atoms with Crippen molar-refractivity contribution in [1.82, 2.24) is 9.97 Å². The summed E-state index contributed by atoms with van der Waals surface area (Å²) in [6, 6.07) is 29.1. The summed E-state index contributed by atoms with van der Waals surface area (Å²) >= 11 is 0. The Balaban J connectivity index is 1.52. The number of ether oxygens (including phenoxy) is 3. The van der Waals surface area contributed by atoms with Crippen molar-refractivity contribution in [2.24, 2.45) is 0 Å². The Kier molecular flexibility index (Phi) is 9.78. The molecule has 1 heterocycles. The lowest BCUT2D eigenvalue weighted by Gasteiger charge is -2.33. The molecule has 0 aliphatic heterocycles. The van der Waals surface area contributed by atoms with Crippen LogP contribution in [0.4, 0.5) is 0 Å². The van der Waals surface area contributed by atoms with Crippen molar-refractivity contribution >= 4 is 0 Å². The molecule has 0 unspecified atom stereocenters. The SMILES string of the molecule is O[C@H](COCc1ccccc1)[C@@H](OCc1ccccc1)[C@@H](OCc1ccccc1)[C@@H](O)c1cnc[nH]1. The van der Waals surface area contributed by atoms with E-state index in [1.165, 1.54) is 12.5 Å². The number of imidazole rings is 1. The van der Waals surface area contributed by atoms with Crippen LogP contribution in [0.15, 0.2) is 104 Å². The molecular weight excluding hydrogens is 456 g/mol. The average molecular weight is 489 g/mol. The average Bonchev–Trinajstić information content (AvgIpc) is 3.47. The molecule has 36 heavy (non-hydrogen) atoms. The van der Waals surface area contributed by atoms with E-state index >= 15 is 0 Å². The van der Waals surface area contributed by atoms with Crippen LogP contribution in [-0.4, -0.2) is 45.1 Å². The Morgan fingerprint density at radius 3 is 1.67 bits per heavy atom. The summed E-state index contributed by atoms with van der Waals surface area (Å²) in [4.78, 5) is 6.96. The van der Waals surface area contributed by atoms with E-state index in [-0.39, 0.29) is 19.8 Å². The molecule has 0 aliphatic carbocycles. The van der Waals surface area contributed by atoms with Gasteiger partial charge in [-0.1, -0.05) is 91.0 Å². The first kappa shape index (κ1) is 25.8. The van der Waals surface area contributed by atoms with Gasteiger partial charge in [0.05, 0.1) is 44.6 Å². The predicted octanol–water partition coefficient (Wildman–Crippen LogP) is 4.19. The maximum atomic E-state index is 11.2. The number of nitrogens with one attached hydrogen (secondary N) is 1. The fourth-order valence-electron chi connectivity index (χ4n) is 3.90. The fourth-order valence-corrected chi connectivity index (χ4v) is 3.90. The molecule has 4 atom stereocenters. The van der Waals surface area contributed by atoms with Gasteiger partial charge in [0, 0.05) is 0 Å². The first-order valence-corrected chi connectivity index (χ1v) is 12.0. The number of H-pyrrole nitrogens is 1. The molecule has 0 fully saturated rings. The van der Waals surface area contributed by atoms with E-state index in [0.29, 0.717) is 12.3 Å². The van der Waals surface area contributed by atoms with Crippen LogP contribution >= 0.6 is 0 Å². The Hall–Kier alpha value is -3.33. The minimum Gasteiger partial charge on any atom is -0.388 e. The number of hydrogen-bond donors (Lipinski definition) is 3. The van der Waals surface area contributed by atoms with Gasteiger partial charge in [0.1, 0.15) is 24.4 Å². The van der Waals surface area contributed by atoms with Gasteiger partial charge in [-0.25, -0.2) is 4.98 Å². The molecule has 0 saturated heterocycles. The van der Waals surface area contributed by atoms with Crippen LogP contribution in [0.2, 0.25) is 0 Å². The molecule has 188 valence electrons. The van der Waals surface area contributed by atoms with E-state index in [1.54, 1.807) is 0 Å². The monoisotopic (exact) mass is 488 g/mol. The summed E-state index contributed by atoms with van der Waals surface area (Å²) in [5.41, 5.74) is 3.35. The summed E-state index contributed by atoms with van der Waals surface area (Å²) in [5.74, 6) is 0. The van der Waals surface area contributed by atoms with E-state index in [4.69, 9.17) is 14.2 Å². The van der Waals surface area contributed by atoms with Crippen molar-refractivity contribution in [3.63, 3.8) is 0 Å². The maximum Gasteiger partial charge on any atom is 0.124 e. The molecule has 0 amide bonds. The fraction of sp³-hybridized carbons (Fsp3) is 0.276. The van der Waals surface area contributed by atoms with Gasteiger partial charge in [0.2, 0.25) is 0 Å². The number of hydrogen-bond acceptors (Lipinski definition) is 6. The zero-order chi connectivity index (χ0) is 25.0. The topological polar surface area (TPSA) is 96.8 Å². The van der Waals surface area contributed by atoms with E-state index < -0.39 is 24.4 Å². The summed E-state index contributed by atoms with van der Waals surface area (Å²) in [6.45, 7) is 0.832. The Morgan fingerprint density at radius 1 is 0.667 bits per heavy atom. The van der Waals surface area contributed by atoms with Crippen LogP contribution in [0.1, 0.15) is 28.5 Å². The van der Waals surface area contributed by atoms with Crippen LogP contribution in [-0.2, 0) is 34.0 Å². The molecule has 7 nitrogen and oxygen atoms in total. The van der Waals surface area contributed by atoms with Gasteiger partial charge >= 0.3 is 0 Å². The highest BCUT2D eigenvalue weighted by atomic mass is 16.6. The number of aliphatic hydroxyl groups excluding tert-OH is 2. The van der Waals surface area contributed by atoms with Gasteiger partial charge in [-0.05, 0) is 16.7 Å². The Bertz CT molecular complexity index is 1110. The summed E-state index contributed by atoms with van der Waals surface area (Å²) in [5, 5.41) is 22.5. The molecule has 3 N–H and O–H groups in total. The summed E-state index contributed by atoms with van der Waals surface area (Å²) < 4.78 is 18.2. The second-order valence-electron chi connectivity index (χ2n) is 8.54. The van der Waals surface area contributed by atoms with Gasteiger partial charge in [-0.2, -0.15) is 0 Å². The molecule has 7 heteroatoms. The number of rotatable bonds is 14. The predicted molar refractivity (Wildman–Crippen MR) is 136 cm³/mol. The standard InChI is InChI=1S/C29H32N2O5/c32-26(20-34-17-22-10-4-1-5-11-22)28(35-18-23-12-6-2-7-13-23)29(27(33)25-16-30-21-31-25)36-19-24-14-8-3-9-15-24/h1-16,21,26-29,32-33H,17-20H2,(H,30,31)/t26-,27+,28-,29+/m1/s1. The number of nitrogens with zero attached hydrogens (tertiary/aromatic N) is 1. The van der Waals surface area contributed by atoms with Gasteiger partial charge < -0.3 is 29.4 Å². The minimum absolute atomic E-state index is 0.00917. The van der Waals surface area contributed by atoms with E-state index in [2.05, 4.69) is 9.97 Å². The molecule has 0 radical (unpaired) electrons. The van der Waals surface area contributed by atoms with Crippen molar-refractivity contribution in [3.8, 4) is 0 Å². The quantitative estimate of drug-likeness (QED) is 0.246. The van der Waals surface area contributed by atoms with Crippen LogP contribution in [0.3, 0.4) is 0 Å². The van der Waals surface area contributed by atoms with Crippen LogP contribution < -0.4 is 0 Å². The highest BCUT2D eigenvalue weighted by Crippen LogP contribution is 2.26. The van der Waals surface area contributed by atoms with Crippen LogP contribution in [0, 0.1) is 0 Å². The lowest BCUT2D eigenvalue weighted by molar-refractivity contribution is -0.177. The lowest BCUT2D eigenvalue weighted by Crippen LogP contribution is -2.46. The highest BCUT2D eigenvalue weighted by Gasteiger charge is 2.37. The molecule has 0 aliphatic rings. The van der Waals surface area contributed by atoms with Gasteiger partial charge in [-0.3, -0.25) is 0 Å². The minimum atomic E-state index is -1.11. The van der Waals surface area contributed by atoms with E-state index in [1.807, 2.05) is 91.0 Å². The van der Waals surface area contributed by atoms with E-state index in [9.17, 15) is 10.2 Å². The zero-order valence-corrected chi connectivity index (χ0v) is 20.0. The van der Waals surface area contributed by atoms with Gasteiger partial charge in [0.15, 0.2) is 0 Å². The summed E-state index contributed by atoms with van der Waals surface area (Å²) in [6.07, 6.45) is -0.925. The molecule has 3 aromatic carbocycles. The first-order valence-electron chi connectivity index (χ1n) is 12.0. The van der Waals surface area contributed by atoms with Crippen molar-refractivity contribution in [1.29, 1.82) is 0 Å². The van der Waals surface area contributed by atoms with Crippen molar-refractivity contribution in [2.75, 3.05) is 6.61 Å². The number of aromatic nitrogens is 2. The molecule has 4 rings (SSSR count). The highest BCUT2D eigenvalue weighted by molar-refractivity contribution is 5.15. The zero-order valence-electron chi connectivity index (χ0n) is 20.0. The Morgan fingerprint density at radius 2 is 1.17 bits per heavy atom. The maximum absolute atomic E-state index is 11.2. The lowest BCUT2D eigenvalue weighted by atomic mass is 10.0. The number of aliphatic hydroxyl groups is 2. The normalized spacial score (nSPS) is 14.7. The third kappa shape index (κ3) is 7.58. The van der Waals surface area contributed by atoms with Crippen molar-refractivity contribution < 1.29 is 24.4 Å². The third-order valence-corrected chi connectivity index (χ3v) is 5.82. The molecule has 0 spiro atoms. The van der Waals surface area contributed by atoms with Gasteiger partial charge in [0.25, 0.3) is 0 Å². The number of benzene rings is 3. The molecule has 4 aromatic rings. The van der Waals surface area contributed by atoms with E-state index in [0.717, 1.165) is 16.7 Å². The largest absolute Gasteiger partial charge is 0.388 e. The van der Waals surface area contributed by atoms with Crippen molar-refractivity contribution in [3.05, 3.63) is 126 Å². The third-order valence-electron chi connectivity index (χ3n) is 5.82. The molecule has 1 aromatic heterocycles. The molecular formula is C29H32N2O5. The molecule has 0 saturated carbocycles. The first-order chi connectivity index (χ1) is 17.7. The van der Waals surface area contributed by atoms with Gasteiger partial charge in [-0.15, -0.1) is 0 Å². The van der Waals surface area contributed by atoms with Crippen LogP contribution in [0.5, 0.6) is 0 Å². The summed E-state index contributed by atoms with van der Waals surface area (Å²) in [7, 11) is 0. The second kappa shape index (κ2) is 13.7. The second-order valence-corrected chi connectivity index (χ2v) is 8.54. The molecule has 0 bridgehead atoms.